The van der Waals surface area contributed by atoms with Gasteiger partial charge < -0.3 is 0 Å². The van der Waals surface area contributed by atoms with Gasteiger partial charge in [-0.3, -0.25) is 4.79 Å². The van der Waals surface area contributed by atoms with E-state index in [1.54, 1.807) is 6.92 Å². The predicted octanol–water partition coefficient (Wildman–Crippen LogP) is 4.45. The molecule has 4 atom stereocenters. The van der Waals surface area contributed by atoms with Gasteiger partial charge in [0.05, 0.1) is 0 Å². The average molecular weight is 236 g/mol. The highest BCUT2D eigenvalue weighted by Crippen LogP contribution is 2.58. The summed E-state index contributed by atoms with van der Waals surface area (Å²) in [7, 11) is 0. The highest BCUT2D eigenvalue weighted by molar-refractivity contribution is 5.82. The lowest BCUT2D eigenvalue weighted by molar-refractivity contribution is -0.139. The fourth-order valence-electron chi connectivity index (χ4n) is 4.82. The van der Waals surface area contributed by atoms with Gasteiger partial charge in [-0.1, -0.05) is 40.5 Å². The predicted molar refractivity (Wildman–Crippen MR) is 71.8 cm³/mol. The maximum absolute atomic E-state index is 12.0. The molecular formula is C16H28O. The van der Waals surface area contributed by atoms with E-state index in [2.05, 4.69) is 27.7 Å². The maximum atomic E-state index is 12.0. The molecule has 0 saturated heterocycles. The van der Waals surface area contributed by atoms with Crippen molar-refractivity contribution in [3.8, 4) is 0 Å². The quantitative estimate of drug-likeness (QED) is 0.657. The van der Waals surface area contributed by atoms with Crippen LogP contribution in [0, 0.1) is 28.6 Å². The monoisotopic (exact) mass is 236 g/mol. The molecule has 1 heteroatoms. The van der Waals surface area contributed by atoms with Crippen LogP contribution in [0.5, 0.6) is 0 Å². The van der Waals surface area contributed by atoms with E-state index in [0.717, 1.165) is 18.3 Å². The minimum atomic E-state index is -0.0597. The van der Waals surface area contributed by atoms with Crippen molar-refractivity contribution in [1.29, 1.82) is 0 Å². The van der Waals surface area contributed by atoms with Crippen molar-refractivity contribution in [2.45, 2.75) is 66.7 Å². The van der Waals surface area contributed by atoms with Gasteiger partial charge in [-0.05, 0) is 49.4 Å². The molecule has 0 heterocycles. The molecule has 2 fully saturated rings. The van der Waals surface area contributed by atoms with Gasteiger partial charge >= 0.3 is 0 Å². The number of ketones is 1. The second kappa shape index (κ2) is 4.10. The molecule has 0 spiro atoms. The summed E-state index contributed by atoms with van der Waals surface area (Å²) >= 11 is 0. The van der Waals surface area contributed by atoms with Crippen LogP contribution < -0.4 is 0 Å². The highest BCUT2D eigenvalue weighted by Gasteiger charge is 2.52. The fraction of sp³-hybridized carbons (Fsp3) is 0.938. The fourth-order valence-corrected chi connectivity index (χ4v) is 4.82. The molecule has 2 saturated carbocycles. The zero-order valence-corrected chi connectivity index (χ0v) is 12.2. The Hall–Kier alpha value is -0.330. The van der Waals surface area contributed by atoms with Gasteiger partial charge in [-0.2, -0.15) is 0 Å². The molecule has 3 unspecified atom stereocenters. The largest absolute Gasteiger partial charge is 0.299 e. The number of hydrogen-bond donors (Lipinski definition) is 0. The highest BCUT2D eigenvalue weighted by atomic mass is 16.1. The van der Waals surface area contributed by atoms with Crippen LogP contribution in [-0.4, -0.2) is 5.78 Å². The number of fused-ring (bicyclic) bond motifs is 1. The topological polar surface area (TPSA) is 17.1 Å². The van der Waals surface area contributed by atoms with Crippen molar-refractivity contribution >= 4 is 5.78 Å². The third kappa shape index (κ3) is 1.96. The van der Waals surface area contributed by atoms with E-state index in [4.69, 9.17) is 0 Å². The minimum Gasteiger partial charge on any atom is -0.299 e. The third-order valence-electron chi connectivity index (χ3n) is 6.19. The molecule has 2 aliphatic carbocycles. The Balaban J connectivity index is 2.31. The number of carbonyl (C=O) groups excluding carboxylic acids is 1. The molecule has 0 radical (unpaired) electrons. The Bertz CT molecular complexity index is 317. The number of rotatable bonds is 1. The van der Waals surface area contributed by atoms with Crippen LogP contribution in [0.2, 0.25) is 0 Å². The lowest BCUT2D eigenvalue weighted by Crippen LogP contribution is -2.50. The van der Waals surface area contributed by atoms with E-state index >= 15 is 0 Å². The number of Topliss-reactive ketones (excluding diaryl/α,β-unsaturated/α-hetero) is 1. The average Bonchev–Trinajstić information content (AvgIpc) is 2.22. The second-order valence-electron chi connectivity index (χ2n) is 7.47. The van der Waals surface area contributed by atoms with Crippen LogP contribution in [0.4, 0.5) is 0 Å². The van der Waals surface area contributed by atoms with E-state index in [1.165, 1.54) is 25.7 Å². The third-order valence-corrected chi connectivity index (χ3v) is 6.19. The SMILES string of the molecule is CC(=O)[C@@]1(C)CCC2CCCC(C)(C)C2C1C. The van der Waals surface area contributed by atoms with E-state index in [1.807, 2.05) is 0 Å². The molecule has 0 amide bonds. The van der Waals surface area contributed by atoms with Gasteiger partial charge in [-0.25, -0.2) is 0 Å². The molecule has 0 aromatic carbocycles. The first-order valence-electron chi connectivity index (χ1n) is 7.30. The van der Waals surface area contributed by atoms with Crippen LogP contribution in [0.3, 0.4) is 0 Å². The molecule has 2 rings (SSSR count). The van der Waals surface area contributed by atoms with E-state index in [0.29, 0.717) is 17.1 Å². The van der Waals surface area contributed by atoms with Crippen LogP contribution in [0.15, 0.2) is 0 Å². The van der Waals surface area contributed by atoms with E-state index in [9.17, 15) is 4.79 Å². The van der Waals surface area contributed by atoms with Crippen LogP contribution in [0.25, 0.3) is 0 Å². The van der Waals surface area contributed by atoms with Gasteiger partial charge in [0.25, 0.3) is 0 Å². The van der Waals surface area contributed by atoms with Crippen LogP contribution >= 0.6 is 0 Å². The summed E-state index contributed by atoms with van der Waals surface area (Å²) in [6.45, 7) is 11.2. The Kier molecular flexibility index (Phi) is 3.16. The second-order valence-corrected chi connectivity index (χ2v) is 7.47. The molecule has 0 bridgehead atoms. The van der Waals surface area contributed by atoms with Gasteiger partial charge in [-0.15, -0.1) is 0 Å². The molecule has 0 aromatic rings. The normalized spacial score (nSPS) is 45.1. The van der Waals surface area contributed by atoms with Crippen molar-refractivity contribution in [3.63, 3.8) is 0 Å². The summed E-state index contributed by atoms with van der Waals surface area (Å²) in [5.74, 6) is 2.58. The Morgan fingerprint density at radius 3 is 2.35 bits per heavy atom. The van der Waals surface area contributed by atoms with Gasteiger partial charge in [0.2, 0.25) is 0 Å². The molecular weight excluding hydrogens is 208 g/mol. The van der Waals surface area contributed by atoms with Gasteiger partial charge in [0.1, 0.15) is 5.78 Å². The molecule has 0 aliphatic heterocycles. The minimum absolute atomic E-state index is 0.0597. The molecule has 98 valence electrons. The van der Waals surface area contributed by atoms with E-state index < -0.39 is 0 Å². The first-order valence-corrected chi connectivity index (χ1v) is 7.30. The lowest BCUT2D eigenvalue weighted by Gasteiger charge is -2.55. The van der Waals surface area contributed by atoms with Crippen molar-refractivity contribution in [2.75, 3.05) is 0 Å². The standard InChI is InChI=1S/C16H28O/c1-11-14-13(7-6-9-15(14,3)4)8-10-16(11,5)12(2)17/h11,13-14H,6-10H2,1-5H3/t11?,13?,14?,16-/m0/s1. The van der Waals surface area contributed by atoms with Crippen molar-refractivity contribution in [3.05, 3.63) is 0 Å². The Morgan fingerprint density at radius 1 is 1.12 bits per heavy atom. The number of hydrogen-bond acceptors (Lipinski definition) is 1. The molecule has 0 aromatic heterocycles. The Morgan fingerprint density at radius 2 is 1.76 bits per heavy atom. The van der Waals surface area contributed by atoms with Crippen molar-refractivity contribution in [1.82, 2.24) is 0 Å². The molecule has 17 heavy (non-hydrogen) atoms. The Labute approximate surface area is 106 Å². The van der Waals surface area contributed by atoms with Crippen LogP contribution in [0.1, 0.15) is 66.7 Å². The zero-order valence-electron chi connectivity index (χ0n) is 12.2. The molecule has 0 N–H and O–H groups in total. The number of carbonyl (C=O) groups is 1. The summed E-state index contributed by atoms with van der Waals surface area (Å²) in [5, 5.41) is 0. The molecule has 2 aliphatic rings. The first-order chi connectivity index (χ1) is 7.79. The summed E-state index contributed by atoms with van der Waals surface area (Å²) in [6.07, 6.45) is 6.51. The summed E-state index contributed by atoms with van der Waals surface area (Å²) in [5.41, 5.74) is 0.370. The zero-order chi connectivity index (χ0) is 12.8. The summed E-state index contributed by atoms with van der Waals surface area (Å²) in [4.78, 5) is 12.0. The van der Waals surface area contributed by atoms with E-state index in [-0.39, 0.29) is 5.41 Å². The molecule has 1 nitrogen and oxygen atoms in total. The summed E-state index contributed by atoms with van der Waals surface area (Å²) in [6, 6.07) is 0. The van der Waals surface area contributed by atoms with Crippen molar-refractivity contribution < 1.29 is 4.79 Å². The maximum Gasteiger partial charge on any atom is 0.135 e. The van der Waals surface area contributed by atoms with Gasteiger partial charge in [0.15, 0.2) is 0 Å². The van der Waals surface area contributed by atoms with Gasteiger partial charge in [0, 0.05) is 5.41 Å². The smallest absolute Gasteiger partial charge is 0.135 e. The lowest BCUT2D eigenvalue weighted by atomic mass is 9.49. The van der Waals surface area contributed by atoms with Crippen molar-refractivity contribution in [2.24, 2.45) is 28.6 Å². The summed E-state index contributed by atoms with van der Waals surface area (Å²) < 4.78 is 0. The van der Waals surface area contributed by atoms with Crippen LogP contribution in [-0.2, 0) is 4.79 Å². The first kappa shape index (κ1) is 13.1.